The van der Waals surface area contributed by atoms with Gasteiger partial charge in [0.1, 0.15) is 0 Å². The third-order valence-electron chi connectivity index (χ3n) is 3.93. The summed E-state index contributed by atoms with van der Waals surface area (Å²) in [5.74, 6) is 0.707. The molecule has 6 heteroatoms. The first-order valence-corrected chi connectivity index (χ1v) is 9.79. The van der Waals surface area contributed by atoms with Crippen molar-refractivity contribution in [1.29, 1.82) is 0 Å². The number of benzene rings is 1. The Balaban J connectivity index is 1.97. The van der Waals surface area contributed by atoms with Gasteiger partial charge in [0.2, 0.25) is 10.0 Å². The van der Waals surface area contributed by atoms with Crippen LogP contribution in [0.5, 0.6) is 0 Å². The van der Waals surface area contributed by atoms with Crippen LogP contribution >= 0.6 is 15.9 Å². The summed E-state index contributed by atoms with van der Waals surface area (Å²) in [6, 6.07) is 5.39. The van der Waals surface area contributed by atoms with Crippen molar-refractivity contribution >= 4 is 26.0 Å². The van der Waals surface area contributed by atoms with Gasteiger partial charge in [0.05, 0.1) is 4.90 Å². The quantitative estimate of drug-likeness (QED) is 0.734. The Kier molecular flexibility index (Phi) is 6.22. The fourth-order valence-electron chi connectivity index (χ4n) is 2.40. The lowest BCUT2D eigenvalue weighted by atomic mass is 9.83. The monoisotopic (exact) mass is 374 g/mol. The number of hydrogen-bond acceptors (Lipinski definition) is 3. The van der Waals surface area contributed by atoms with Crippen LogP contribution in [0, 0.1) is 5.92 Å². The molecule has 0 bridgehead atoms. The molecular weight excluding hydrogens is 352 g/mol. The van der Waals surface area contributed by atoms with Crippen molar-refractivity contribution in [2.45, 2.75) is 44.0 Å². The van der Waals surface area contributed by atoms with Gasteiger partial charge in [-0.05, 0) is 52.5 Å². The number of hydrogen-bond donors (Lipinski definition) is 2. The van der Waals surface area contributed by atoms with E-state index in [1.807, 2.05) is 19.1 Å². The maximum Gasteiger partial charge on any atom is 0.241 e. The van der Waals surface area contributed by atoms with E-state index < -0.39 is 10.0 Å². The Hall–Kier alpha value is -0.430. The predicted octanol–water partition coefficient (Wildman–Crippen LogP) is 3.03. The summed E-state index contributed by atoms with van der Waals surface area (Å²) in [6.07, 6.45) is 4.71. The average Bonchev–Trinajstić information content (AvgIpc) is 2.39. The maximum atomic E-state index is 12.3. The SMILES string of the molecule is CCNCc1ccc(S(=O)(=O)NCCC2CCC2)c(Br)c1. The molecule has 2 rings (SSSR count). The molecule has 21 heavy (non-hydrogen) atoms. The number of halogens is 1. The first-order valence-electron chi connectivity index (χ1n) is 7.51. The van der Waals surface area contributed by atoms with E-state index in [1.54, 1.807) is 6.07 Å². The van der Waals surface area contributed by atoms with Gasteiger partial charge >= 0.3 is 0 Å². The van der Waals surface area contributed by atoms with E-state index in [0.29, 0.717) is 21.8 Å². The van der Waals surface area contributed by atoms with Gasteiger partial charge < -0.3 is 5.32 Å². The summed E-state index contributed by atoms with van der Waals surface area (Å²) in [4.78, 5) is 0.316. The Labute approximate surface area is 135 Å². The second kappa shape index (κ2) is 7.72. The largest absolute Gasteiger partial charge is 0.313 e. The Morgan fingerprint density at radius 3 is 2.67 bits per heavy atom. The molecule has 0 atom stereocenters. The van der Waals surface area contributed by atoms with Gasteiger partial charge in [-0.3, -0.25) is 0 Å². The molecule has 4 nitrogen and oxygen atoms in total. The number of sulfonamides is 1. The fraction of sp³-hybridized carbons (Fsp3) is 0.600. The van der Waals surface area contributed by atoms with E-state index in [1.165, 1.54) is 19.3 Å². The Bertz CT molecular complexity index is 571. The minimum absolute atomic E-state index is 0.316. The van der Waals surface area contributed by atoms with Crippen LogP contribution in [0.3, 0.4) is 0 Å². The zero-order valence-corrected chi connectivity index (χ0v) is 14.8. The smallest absolute Gasteiger partial charge is 0.241 e. The van der Waals surface area contributed by atoms with Crippen molar-refractivity contribution in [3.05, 3.63) is 28.2 Å². The molecule has 1 aromatic rings. The molecule has 0 aromatic heterocycles. The molecule has 0 saturated heterocycles. The zero-order valence-electron chi connectivity index (χ0n) is 12.4. The van der Waals surface area contributed by atoms with Gasteiger partial charge in [-0.15, -0.1) is 0 Å². The minimum atomic E-state index is -3.43. The fourth-order valence-corrected chi connectivity index (χ4v) is 4.57. The molecule has 118 valence electrons. The lowest BCUT2D eigenvalue weighted by Crippen LogP contribution is -2.28. The standard InChI is InChI=1S/C15H23BrN2O2S/c1-2-17-11-13-6-7-15(14(16)10-13)21(19,20)18-9-8-12-4-3-5-12/h6-7,10,12,17-18H,2-5,8-9,11H2,1H3. The van der Waals surface area contributed by atoms with Crippen molar-refractivity contribution < 1.29 is 8.42 Å². The van der Waals surface area contributed by atoms with Gasteiger partial charge in [0.25, 0.3) is 0 Å². The van der Waals surface area contributed by atoms with E-state index in [2.05, 4.69) is 26.0 Å². The highest BCUT2D eigenvalue weighted by atomic mass is 79.9. The van der Waals surface area contributed by atoms with Gasteiger partial charge in [0.15, 0.2) is 0 Å². The van der Waals surface area contributed by atoms with Crippen molar-refractivity contribution in [2.75, 3.05) is 13.1 Å². The van der Waals surface area contributed by atoms with Gasteiger partial charge in [-0.1, -0.05) is 32.3 Å². The van der Waals surface area contributed by atoms with E-state index >= 15 is 0 Å². The molecule has 1 aromatic carbocycles. The molecule has 0 amide bonds. The molecular formula is C15H23BrN2O2S. The Morgan fingerprint density at radius 2 is 2.10 bits per heavy atom. The highest BCUT2D eigenvalue weighted by molar-refractivity contribution is 9.10. The Morgan fingerprint density at radius 1 is 1.33 bits per heavy atom. The third-order valence-corrected chi connectivity index (χ3v) is 6.37. The van der Waals surface area contributed by atoms with Crippen LogP contribution in [0.1, 0.15) is 38.2 Å². The molecule has 0 heterocycles. The normalized spacial score (nSPS) is 15.9. The summed E-state index contributed by atoms with van der Waals surface area (Å²) in [5, 5.41) is 3.22. The first kappa shape index (κ1) is 16.9. The molecule has 1 fully saturated rings. The maximum absolute atomic E-state index is 12.3. The van der Waals surface area contributed by atoms with Gasteiger partial charge in [-0.25, -0.2) is 13.1 Å². The summed E-state index contributed by atoms with van der Waals surface area (Å²) in [7, 11) is -3.43. The van der Waals surface area contributed by atoms with Crippen molar-refractivity contribution in [3.8, 4) is 0 Å². The molecule has 0 aliphatic heterocycles. The van der Waals surface area contributed by atoms with Crippen LogP contribution in [-0.4, -0.2) is 21.5 Å². The molecule has 0 unspecified atom stereocenters. The molecule has 1 saturated carbocycles. The number of rotatable bonds is 8. The average molecular weight is 375 g/mol. The molecule has 1 aliphatic carbocycles. The van der Waals surface area contributed by atoms with E-state index in [0.717, 1.165) is 25.1 Å². The van der Waals surface area contributed by atoms with Crippen LogP contribution in [0.4, 0.5) is 0 Å². The van der Waals surface area contributed by atoms with E-state index in [-0.39, 0.29) is 0 Å². The van der Waals surface area contributed by atoms with Crippen LogP contribution in [0.25, 0.3) is 0 Å². The van der Waals surface area contributed by atoms with Crippen LogP contribution in [0.2, 0.25) is 0 Å². The first-order chi connectivity index (χ1) is 10.0. The van der Waals surface area contributed by atoms with E-state index in [4.69, 9.17) is 0 Å². The lowest BCUT2D eigenvalue weighted by Gasteiger charge is -2.25. The summed E-state index contributed by atoms with van der Waals surface area (Å²) in [5.41, 5.74) is 1.07. The summed E-state index contributed by atoms with van der Waals surface area (Å²) >= 11 is 3.37. The molecule has 0 spiro atoms. The van der Waals surface area contributed by atoms with Crippen molar-refractivity contribution in [1.82, 2.24) is 10.0 Å². The van der Waals surface area contributed by atoms with E-state index in [9.17, 15) is 8.42 Å². The van der Waals surface area contributed by atoms with Crippen LogP contribution in [0.15, 0.2) is 27.6 Å². The second-order valence-corrected chi connectivity index (χ2v) is 8.12. The van der Waals surface area contributed by atoms with Gasteiger partial charge in [0, 0.05) is 17.6 Å². The topological polar surface area (TPSA) is 58.2 Å². The molecule has 0 radical (unpaired) electrons. The third kappa shape index (κ3) is 4.77. The zero-order chi connectivity index (χ0) is 15.3. The molecule has 2 N–H and O–H groups in total. The highest BCUT2D eigenvalue weighted by Crippen LogP contribution is 2.29. The van der Waals surface area contributed by atoms with Crippen LogP contribution in [-0.2, 0) is 16.6 Å². The van der Waals surface area contributed by atoms with Crippen LogP contribution < -0.4 is 10.0 Å². The predicted molar refractivity (Wildman–Crippen MR) is 88.7 cm³/mol. The van der Waals surface area contributed by atoms with Gasteiger partial charge in [-0.2, -0.15) is 0 Å². The number of nitrogens with one attached hydrogen (secondary N) is 2. The lowest BCUT2D eigenvalue weighted by molar-refractivity contribution is 0.297. The minimum Gasteiger partial charge on any atom is -0.313 e. The summed E-state index contributed by atoms with van der Waals surface area (Å²) < 4.78 is 27.9. The summed E-state index contributed by atoms with van der Waals surface area (Å²) in [6.45, 7) is 4.20. The van der Waals surface area contributed by atoms with Crippen molar-refractivity contribution in [3.63, 3.8) is 0 Å². The second-order valence-electron chi connectivity index (χ2n) is 5.53. The highest BCUT2D eigenvalue weighted by Gasteiger charge is 2.20. The molecule has 1 aliphatic rings. The van der Waals surface area contributed by atoms with Crippen molar-refractivity contribution in [2.24, 2.45) is 5.92 Å².